The highest BCUT2D eigenvalue weighted by atomic mass is 32.1. The summed E-state index contributed by atoms with van der Waals surface area (Å²) < 4.78 is 38.6. The van der Waals surface area contributed by atoms with E-state index in [1.165, 1.54) is 5.56 Å². The fraction of sp³-hybridized carbons (Fsp3) is 0.286. The molecule has 0 unspecified atom stereocenters. The molecule has 4 rings (SSSR count). The number of alkyl halides is 3. The molecule has 2 aromatic carbocycles. The van der Waals surface area contributed by atoms with Gasteiger partial charge in [-0.2, -0.15) is 13.2 Å². The van der Waals surface area contributed by atoms with Crippen molar-refractivity contribution >= 4 is 33.5 Å². The van der Waals surface area contributed by atoms with Gasteiger partial charge in [-0.1, -0.05) is 44.2 Å². The van der Waals surface area contributed by atoms with E-state index in [-0.39, 0.29) is 10.5 Å². The molecule has 0 radical (unpaired) electrons. The Balaban J connectivity index is 1.70. The monoisotopic (exact) mass is 403 g/mol. The molecule has 0 atom stereocenters. The number of thiazole rings is 1. The first-order valence-corrected chi connectivity index (χ1v) is 9.89. The van der Waals surface area contributed by atoms with Gasteiger partial charge in [0.15, 0.2) is 10.8 Å². The van der Waals surface area contributed by atoms with Crippen molar-refractivity contribution in [1.29, 1.82) is 0 Å². The Kier molecular flexibility index (Phi) is 4.57. The number of aromatic nitrogens is 1. The van der Waals surface area contributed by atoms with Gasteiger partial charge in [0.2, 0.25) is 0 Å². The molecule has 0 saturated carbocycles. The minimum Gasteiger partial charge on any atom is -0.340 e. The second-order valence-corrected chi connectivity index (χ2v) is 8.34. The van der Waals surface area contributed by atoms with Gasteiger partial charge in [-0.25, -0.2) is 4.98 Å². The number of benzene rings is 2. The molecule has 7 heteroatoms. The molecule has 0 bridgehead atoms. The maximum Gasteiger partial charge on any atom is 0.434 e. The van der Waals surface area contributed by atoms with Crippen LogP contribution < -0.4 is 10.2 Å². The summed E-state index contributed by atoms with van der Waals surface area (Å²) in [6, 6.07) is 16.0. The highest BCUT2D eigenvalue weighted by Gasteiger charge is 2.34. The summed E-state index contributed by atoms with van der Waals surface area (Å²) in [6.45, 7) is 5.30. The number of rotatable bonds is 3. The maximum atomic E-state index is 12.9. The summed E-state index contributed by atoms with van der Waals surface area (Å²) in [7, 11) is 0. The van der Waals surface area contributed by atoms with Crippen LogP contribution in [0.15, 0.2) is 53.9 Å². The zero-order valence-electron chi connectivity index (χ0n) is 15.5. The lowest BCUT2D eigenvalue weighted by atomic mass is 9.77. The first-order valence-electron chi connectivity index (χ1n) is 9.01. The third-order valence-corrected chi connectivity index (χ3v) is 5.87. The molecule has 1 aromatic heterocycles. The van der Waals surface area contributed by atoms with E-state index in [0.717, 1.165) is 46.7 Å². The van der Waals surface area contributed by atoms with Crippen molar-refractivity contribution in [2.24, 2.45) is 0 Å². The minimum absolute atomic E-state index is 0.0758. The van der Waals surface area contributed by atoms with Crippen LogP contribution in [0.1, 0.15) is 31.5 Å². The predicted molar refractivity (Wildman–Crippen MR) is 108 cm³/mol. The number of para-hydroxylation sites is 3. The molecule has 3 aromatic rings. The topological polar surface area (TPSA) is 28.2 Å². The van der Waals surface area contributed by atoms with Crippen LogP contribution in [0.5, 0.6) is 0 Å². The summed E-state index contributed by atoms with van der Waals surface area (Å²) >= 11 is 0.951. The smallest absolute Gasteiger partial charge is 0.340 e. The van der Waals surface area contributed by atoms with Crippen LogP contribution in [0.3, 0.4) is 0 Å². The fourth-order valence-corrected chi connectivity index (χ4v) is 4.30. The van der Waals surface area contributed by atoms with Gasteiger partial charge in [0, 0.05) is 17.6 Å². The molecular formula is C21H20F3N3S. The van der Waals surface area contributed by atoms with Crippen molar-refractivity contribution in [3.05, 3.63) is 65.2 Å². The van der Waals surface area contributed by atoms with E-state index >= 15 is 0 Å². The summed E-state index contributed by atoms with van der Waals surface area (Å²) in [4.78, 5) is 5.92. The average molecular weight is 403 g/mol. The van der Waals surface area contributed by atoms with E-state index < -0.39 is 11.9 Å². The van der Waals surface area contributed by atoms with Crippen LogP contribution in [0.25, 0.3) is 0 Å². The first kappa shape index (κ1) is 18.8. The second-order valence-electron chi connectivity index (χ2n) is 7.48. The summed E-state index contributed by atoms with van der Waals surface area (Å²) in [5.74, 6) is 0. The molecule has 2 heterocycles. The van der Waals surface area contributed by atoms with Crippen molar-refractivity contribution in [3.63, 3.8) is 0 Å². The normalized spacial score (nSPS) is 16.0. The average Bonchev–Trinajstić information content (AvgIpc) is 3.12. The number of hydrogen-bond donors (Lipinski definition) is 1. The lowest BCUT2D eigenvalue weighted by molar-refractivity contribution is -0.140. The van der Waals surface area contributed by atoms with Gasteiger partial charge in [0.05, 0.1) is 11.4 Å². The Bertz CT molecular complexity index is 994. The van der Waals surface area contributed by atoms with Crippen LogP contribution in [0.2, 0.25) is 0 Å². The first-order chi connectivity index (χ1) is 13.3. The summed E-state index contributed by atoms with van der Waals surface area (Å²) in [5, 5.41) is 4.34. The Morgan fingerprint density at radius 3 is 2.43 bits per heavy atom. The SMILES string of the molecule is CC1(C)CCN(c2ccccc2Nc2nc(C(F)(F)F)cs2)c2ccccc21. The molecule has 1 aliphatic heterocycles. The fourth-order valence-electron chi connectivity index (χ4n) is 3.57. The van der Waals surface area contributed by atoms with E-state index in [4.69, 9.17) is 0 Å². The van der Waals surface area contributed by atoms with Crippen LogP contribution >= 0.6 is 11.3 Å². The van der Waals surface area contributed by atoms with Gasteiger partial charge in [-0.3, -0.25) is 0 Å². The third kappa shape index (κ3) is 3.46. The predicted octanol–water partition coefficient (Wildman–Crippen LogP) is 6.72. The van der Waals surface area contributed by atoms with Gasteiger partial charge in [-0.15, -0.1) is 11.3 Å². The molecule has 3 nitrogen and oxygen atoms in total. The van der Waals surface area contributed by atoms with Crippen molar-refractivity contribution < 1.29 is 13.2 Å². The van der Waals surface area contributed by atoms with Gasteiger partial charge in [0.1, 0.15) is 0 Å². The highest BCUT2D eigenvalue weighted by Crippen LogP contribution is 2.45. The largest absolute Gasteiger partial charge is 0.434 e. The van der Waals surface area contributed by atoms with Crippen molar-refractivity contribution in [2.75, 3.05) is 16.8 Å². The molecular weight excluding hydrogens is 383 g/mol. The Hall–Kier alpha value is -2.54. The van der Waals surface area contributed by atoms with Crippen LogP contribution in [-0.2, 0) is 11.6 Å². The Labute approximate surface area is 165 Å². The zero-order chi connectivity index (χ0) is 19.9. The van der Waals surface area contributed by atoms with Crippen molar-refractivity contribution in [1.82, 2.24) is 4.98 Å². The van der Waals surface area contributed by atoms with E-state index in [0.29, 0.717) is 0 Å². The van der Waals surface area contributed by atoms with E-state index in [2.05, 4.69) is 41.2 Å². The number of nitrogens with zero attached hydrogens (tertiary/aromatic N) is 2. The summed E-state index contributed by atoms with van der Waals surface area (Å²) in [6.07, 6.45) is -3.46. The van der Waals surface area contributed by atoms with Gasteiger partial charge in [-0.05, 0) is 35.6 Å². The third-order valence-electron chi connectivity index (χ3n) is 5.12. The van der Waals surface area contributed by atoms with E-state index in [1.807, 2.05) is 36.4 Å². The molecule has 28 heavy (non-hydrogen) atoms. The standard InChI is InChI=1S/C21H20F3N3S/c1-20(2)11-12-27(16-9-5-3-7-14(16)20)17-10-6-4-8-15(17)25-19-26-18(13-28-19)21(22,23)24/h3-10,13H,11-12H2,1-2H3,(H,25,26). The number of nitrogens with one attached hydrogen (secondary N) is 1. The molecule has 0 aliphatic carbocycles. The Morgan fingerprint density at radius 2 is 1.71 bits per heavy atom. The lowest BCUT2D eigenvalue weighted by Gasteiger charge is -2.40. The molecule has 146 valence electrons. The van der Waals surface area contributed by atoms with Crippen molar-refractivity contribution in [3.8, 4) is 0 Å². The van der Waals surface area contributed by atoms with Gasteiger partial charge < -0.3 is 10.2 Å². The number of fused-ring (bicyclic) bond motifs is 1. The molecule has 0 fully saturated rings. The molecule has 0 saturated heterocycles. The molecule has 0 amide bonds. The number of hydrogen-bond acceptors (Lipinski definition) is 4. The minimum atomic E-state index is -4.44. The van der Waals surface area contributed by atoms with Gasteiger partial charge in [0.25, 0.3) is 0 Å². The van der Waals surface area contributed by atoms with Gasteiger partial charge >= 0.3 is 6.18 Å². The van der Waals surface area contributed by atoms with E-state index in [1.54, 1.807) is 0 Å². The maximum absolute atomic E-state index is 12.9. The molecule has 1 aliphatic rings. The Morgan fingerprint density at radius 1 is 1.04 bits per heavy atom. The second kappa shape index (κ2) is 6.81. The number of anilines is 4. The summed E-state index contributed by atoms with van der Waals surface area (Å²) in [5.41, 5.74) is 3.26. The molecule has 0 spiro atoms. The van der Waals surface area contributed by atoms with E-state index in [9.17, 15) is 13.2 Å². The van der Waals surface area contributed by atoms with Crippen LogP contribution in [0.4, 0.5) is 35.4 Å². The van der Waals surface area contributed by atoms with Crippen LogP contribution in [0, 0.1) is 0 Å². The highest BCUT2D eigenvalue weighted by molar-refractivity contribution is 7.13. The van der Waals surface area contributed by atoms with Crippen LogP contribution in [-0.4, -0.2) is 11.5 Å². The lowest BCUT2D eigenvalue weighted by Crippen LogP contribution is -2.34. The number of halogens is 3. The quantitative estimate of drug-likeness (QED) is 0.526. The van der Waals surface area contributed by atoms with Crippen molar-refractivity contribution in [2.45, 2.75) is 31.9 Å². The zero-order valence-corrected chi connectivity index (χ0v) is 16.4. The molecule has 1 N–H and O–H groups in total.